The van der Waals surface area contributed by atoms with Gasteiger partial charge in [-0.1, -0.05) is 19.8 Å². The summed E-state index contributed by atoms with van der Waals surface area (Å²) < 4.78 is -0.420. The van der Waals surface area contributed by atoms with Crippen molar-refractivity contribution in [1.29, 1.82) is 0 Å². The molecule has 1 aliphatic rings. The van der Waals surface area contributed by atoms with E-state index < -0.39 is 16.7 Å². The van der Waals surface area contributed by atoms with Gasteiger partial charge in [0.15, 0.2) is 0 Å². The first kappa shape index (κ1) is 20.8. The second-order valence-corrected chi connectivity index (χ2v) is 8.47. The van der Waals surface area contributed by atoms with Gasteiger partial charge in [-0.25, -0.2) is 5.06 Å². The standard InChI is InChI=1S/C16H29N3O4S/c1-5-6-7-12(10-19(23)11-20)14(21)17-13-15(22)18(4)8-9-24-16(13,2)3/h11-13,23H,5-10H2,1-4H3,(H,17,21)/t12-,13+/m0/s1. The van der Waals surface area contributed by atoms with Crippen molar-refractivity contribution in [2.24, 2.45) is 5.92 Å². The number of nitrogens with one attached hydrogen (secondary N) is 1. The lowest BCUT2D eigenvalue weighted by Crippen LogP contribution is -2.57. The molecule has 0 aliphatic carbocycles. The zero-order chi connectivity index (χ0) is 18.3. The normalized spacial score (nSPS) is 21.8. The van der Waals surface area contributed by atoms with Gasteiger partial charge in [-0.05, 0) is 20.3 Å². The third kappa shape index (κ3) is 5.66. The van der Waals surface area contributed by atoms with Crippen LogP contribution in [0.25, 0.3) is 0 Å². The fourth-order valence-corrected chi connectivity index (χ4v) is 3.89. The molecule has 1 rings (SSSR count). The number of carbonyl (C=O) groups is 3. The molecule has 0 unspecified atom stereocenters. The molecule has 0 bridgehead atoms. The van der Waals surface area contributed by atoms with Gasteiger partial charge in [0.2, 0.25) is 18.2 Å². The van der Waals surface area contributed by atoms with Crippen LogP contribution in [0.5, 0.6) is 0 Å². The molecule has 1 aliphatic heterocycles. The van der Waals surface area contributed by atoms with E-state index in [4.69, 9.17) is 0 Å². The molecular formula is C16H29N3O4S. The predicted octanol–water partition coefficient (Wildman–Crippen LogP) is 1.11. The Labute approximate surface area is 148 Å². The van der Waals surface area contributed by atoms with Gasteiger partial charge >= 0.3 is 0 Å². The lowest BCUT2D eigenvalue weighted by Gasteiger charge is -2.33. The monoisotopic (exact) mass is 359 g/mol. The van der Waals surface area contributed by atoms with E-state index in [1.54, 1.807) is 23.7 Å². The summed E-state index contributed by atoms with van der Waals surface area (Å²) in [5.74, 6) is -0.131. The third-order valence-corrected chi connectivity index (χ3v) is 5.68. The van der Waals surface area contributed by atoms with Gasteiger partial charge in [-0.2, -0.15) is 11.8 Å². The molecule has 1 heterocycles. The SMILES string of the molecule is CCCC[C@@H](CN(O)C=O)C(=O)N[C@@H]1C(=O)N(C)CCSC1(C)C. The Morgan fingerprint density at radius 2 is 2.25 bits per heavy atom. The zero-order valence-electron chi connectivity index (χ0n) is 14.9. The highest BCUT2D eigenvalue weighted by molar-refractivity contribution is 8.00. The van der Waals surface area contributed by atoms with Crippen molar-refractivity contribution in [2.45, 2.75) is 50.8 Å². The first-order chi connectivity index (χ1) is 11.2. The van der Waals surface area contributed by atoms with Gasteiger partial charge in [-0.3, -0.25) is 19.6 Å². The maximum Gasteiger partial charge on any atom is 0.246 e. The van der Waals surface area contributed by atoms with Crippen LogP contribution in [-0.2, 0) is 14.4 Å². The van der Waals surface area contributed by atoms with Crippen LogP contribution in [0.1, 0.15) is 40.0 Å². The average Bonchev–Trinajstić information content (AvgIpc) is 2.62. The van der Waals surface area contributed by atoms with Gasteiger partial charge in [-0.15, -0.1) is 0 Å². The smallest absolute Gasteiger partial charge is 0.246 e. The third-order valence-electron chi connectivity index (χ3n) is 4.31. The van der Waals surface area contributed by atoms with E-state index in [0.29, 0.717) is 18.0 Å². The van der Waals surface area contributed by atoms with Gasteiger partial charge in [0.1, 0.15) is 6.04 Å². The predicted molar refractivity (Wildman–Crippen MR) is 93.7 cm³/mol. The van der Waals surface area contributed by atoms with Gasteiger partial charge in [0.25, 0.3) is 0 Å². The van der Waals surface area contributed by atoms with E-state index in [1.807, 2.05) is 20.8 Å². The number of thioether (sulfide) groups is 1. The van der Waals surface area contributed by atoms with Crippen molar-refractivity contribution >= 4 is 30.0 Å². The van der Waals surface area contributed by atoms with Crippen LogP contribution in [0, 0.1) is 5.92 Å². The quantitative estimate of drug-likeness (QED) is 0.385. The molecule has 0 aromatic rings. The fourth-order valence-electron chi connectivity index (χ4n) is 2.68. The van der Waals surface area contributed by atoms with Crippen molar-refractivity contribution < 1.29 is 19.6 Å². The van der Waals surface area contributed by atoms with Crippen molar-refractivity contribution in [1.82, 2.24) is 15.3 Å². The number of rotatable bonds is 8. The van der Waals surface area contributed by atoms with E-state index in [1.165, 1.54) is 0 Å². The molecule has 0 spiro atoms. The van der Waals surface area contributed by atoms with Crippen LogP contribution in [0.3, 0.4) is 0 Å². The average molecular weight is 359 g/mol. The number of unbranched alkanes of at least 4 members (excludes halogenated alkanes) is 1. The molecule has 24 heavy (non-hydrogen) atoms. The molecule has 0 aromatic heterocycles. The van der Waals surface area contributed by atoms with Crippen LogP contribution in [-0.4, -0.2) is 70.1 Å². The van der Waals surface area contributed by atoms with E-state index in [0.717, 1.165) is 18.6 Å². The summed E-state index contributed by atoms with van der Waals surface area (Å²) in [7, 11) is 1.74. The van der Waals surface area contributed by atoms with Crippen LogP contribution >= 0.6 is 11.8 Å². The number of carbonyl (C=O) groups excluding carboxylic acids is 3. The van der Waals surface area contributed by atoms with Gasteiger partial charge < -0.3 is 10.2 Å². The van der Waals surface area contributed by atoms with E-state index in [-0.39, 0.29) is 24.8 Å². The van der Waals surface area contributed by atoms with Crippen LogP contribution in [0.2, 0.25) is 0 Å². The zero-order valence-corrected chi connectivity index (χ0v) is 15.8. The molecule has 138 valence electrons. The topological polar surface area (TPSA) is 90.0 Å². The van der Waals surface area contributed by atoms with Crippen molar-refractivity contribution in [3.8, 4) is 0 Å². The first-order valence-corrected chi connectivity index (χ1v) is 9.31. The summed E-state index contributed by atoms with van der Waals surface area (Å²) in [5.41, 5.74) is 0. The lowest BCUT2D eigenvalue weighted by atomic mass is 9.97. The van der Waals surface area contributed by atoms with Gasteiger partial charge in [0, 0.05) is 24.1 Å². The molecule has 0 aromatic carbocycles. The number of nitrogens with zero attached hydrogens (tertiary/aromatic N) is 2. The molecule has 7 nitrogen and oxygen atoms in total. The molecule has 8 heteroatoms. The van der Waals surface area contributed by atoms with E-state index >= 15 is 0 Å². The minimum absolute atomic E-state index is 0.0698. The first-order valence-electron chi connectivity index (χ1n) is 8.33. The summed E-state index contributed by atoms with van der Waals surface area (Å²) in [6.45, 7) is 6.48. The Hall–Kier alpha value is -1.28. The van der Waals surface area contributed by atoms with Gasteiger partial charge in [0.05, 0.1) is 12.5 Å². The number of hydroxylamine groups is 2. The highest BCUT2D eigenvalue weighted by atomic mass is 32.2. The highest BCUT2D eigenvalue weighted by Gasteiger charge is 2.41. The maximum absolute atomic E-state index is 12.7. The number of hydrogen-bond acceptors (Lipinski definition) is 5. The Morgan fingerprint density at radius 3 is 2.83 bits per heavy atom. The Morgan fingerprint density at radius 1 is 1.58 bits per heavy atom. The minimum atomic E-state index is -0.630. The molecule has 1 fully saturated rings. The van der Waals surface area contributed by atoms with Crippen molar-refractivity contribution in [2.75, 3.05) is 25.9 Å². The number of likely N-dealkylation sites (N-methyl/N-ethyl adjacent to an activating group) is 1. The maximum atomic E-state index is 12.7. The Bertz CT molecular complexity index is 459. The second kappa shape index (κ2) is 9.27. The van der Waals surface area contributed by atoms with Crippen LogP contribution < -0.4 is 5.32 Å². The molecule has 2 atom stereocenters. The summed E-state index contributed by atoms with van der Waals surface area (Å²) in [6, 6.07) is -0.630. The molecule has 2 N–H and O–H groups in total. The fraction of sp³-hybridized carbons (Fsp3) is 0.812. The van der Waals surface area contributed by atoms with Crippen molar-refractivity contribution in [3.63, 3.8) is 0 Å². The second-order valence-electron chi connectivity index (χ2n) is 6.72. The Kier molecular flexibility index (Phi) is 8.02. The largest absolute Gasteiger partial charge is 0.343 e. The van der Waals surface area contributed by atoms with E-state index in [2.05, 4.69) is 5.32 Å². The van der Waals surface area contributed by atoms with Crippen LogP contribution in [0.4, 0.5) is 0 Å². The number of amides is 3. The van der Waals surface area contributed by atoms with E-state index in [9.17, 15) is 19.6 Å². The molecule has 0 radical (unpaired) electrons. The summed E-state index contributed by atoms with van der Waals surface area (Å²) in [5, 5.41) is 12.8. The molecule has 0 saturated carbocycles. The molecule has 1 saturated heterocycles. The Balaban J connectivity index is 2.88. The highest BCUT2D eigenvalue weighted by Crippen LogP contribution is 2.31. The summed E-state index contributed by atoms with van der Waals surface area (Å²) in [4.78, 5) is 37.6. The number of hydrogen-bond donors (Lipinski definition) is 2. The van der Waals surface area contributed by atoms with Crippen molar-refractivity contribution in [3.05, 3.63) is 0 Å². The molecule has 3 amide bonds. The molecular weight excluding hydrogens is 330 g/mol. The summed E-state index contributed by atoms with van der Waals surface area (Å²) in [6.07, 6.45) is 2.55. The lowest BCUT2D eigenvalue weighted by molar-refractivity contribution is -0.155. The summed E-state index contributed by atoms with van der Waals surface area (Å²) >= 11 is 1.65. The van der Waals surface area contributed by atoms with Crippen LogP contribution in [0.15, 0.2) is 0 Å². The minimum Gasteiger partial charge on any atom is -0.343 e.